The van der Waals surface area contributed by atoms with Crippen LogP contribution in [0.1, 0.15) is 52.2 Å². The van der Waals surface area contributed by atoms with Crippen molar-refractivity contribution >= 4 is 5.91 Å². The van der Waals surface area contributed by atoms with Gasteiger partial charge < -0.3 is 20.9 Å². The summed E-state index contributed by atoms with van der Waals surface area (Å²) in [6.07, 6.45) is 0.709. The summed E-state index contributed by atoms with van der Waals surface area (Å²) >= 11 is 0. The standard InChI is InChI=1S/C17H28N2O3/c1-5-9-17(4,18)16(21)19-11-15(20)13-7-6-8-14(10-13)22-12(2)3/h6-8,10,12,15,20H,5,9,11,18H2,1-4H3,(H,19,21). The monoisotopic (exact) mass is 308 g/mol. The quantitative estimate of drug-likeness (QED) is 0.687. The molecule has 0 saturated heterocycles. The summed E-state index contributed by atoms with van der Waals surface area (Å²) in [4.78, 5) is 12.0. The predicted octanol–water partition coefficient (Wildman–Crippen LogP) is 2.14. The summed E-state index contributed by atoms with van der Waals surface area (Å²) in [5, 5.41) is 12.9. The van der Waals surface area contributed by atoms with Crippen LogP contribution < -0.4 is 15.8 Å². The third-order valence-corrected chi connectivity index (χ3v) is 3.36. The van der Waals surface area contributed by atoms with Crippen molar-refractivity contribution < 1.29 is 14.6 Å². The second-order valence-corrected chi connectivity index (χ2v) is 6.13. The Hall–Kier alpha value is -1.59. The highest BCUT2D eigenvalue weighted by Gasteiger charge is 2.27. The first-order valence-electron chi connectivity index (χ1n) is 7.78. The number of carbonyl (C=O) groups is 1. The van der Waals surface area contributed by atoms with Gasteiger partial charge in [0.1, 0.15) is 5.75 Å². The summed E-state index contributed by atoms with van der Waals surface area (Å²) < 4.78 is 5.60. The molecule has 1 rings (SSSR count). The number of hydrogen-bond donors (Lipinski definition) is 3. The predicted molar refractivity (Wildman–Crippen MR) is 87.7 cm³/mol. The molecule has 5 heteroatoms. The number of aliphatic hydroxyl groups is 1. The van der Waals surface area contributed by atoms with Gasteiger partial charge in [0.2, 0.25) is 5.91 Å². The van der Waals surface area contributed by atoms with E-state index in [4.69, 9.17) is 10.5 Å². The number of hydrogen-bond acceptors (Lipinski definition) is 4. The molecule has 0 aliphatic carbocycles. The van der Waals surface area contributed by atoms with Crippen molar-refractivity contribution in [2.24, 2.45) is 5.73 Å². The summed E-state index contributed by atoms with van der Waals surface area (Å²) in [7, 11) is 0. The van der Waals surface area contributed by atoms with E-state index in [1.54, 1.807) is 19.1 Å². The summed E-state index contributed by atoms with van der Waals surface area (Å²) in [6.45, 7) is 7.70. The number of rotatable bonds is 8. The van der Waals surface area contributed by atoms with E-state index < -0.39 is 11.6 Å². The van der Waals surface area contributed by atoms with Crippen molar-refractivity contribution in [1.29, 1.82) is 0 Å². The maximum absolute atomic E-state index is 12.0. The molecule has 0 fully saturated rings. The molecule has 2 unspecified atom stereocenters. The summed E-state index contributed by atoms with van der Waals surface area (Å²) in [6, 6.07) is 7.25. The number of aliphatic hydroxyl groups excluding tert-OH is 1. The second-order valence-electron chi connectivity index (χ2n) is 6.13. The van der Waals surface area contributed by atoms with Crippen molar-refractivity contribution in [3.63, 3.8) is 0 Å². The van der Waals surface area contributed by atoms with E-state index in [2.05, 4.69) is 5.32 Å². The molecule has 0 radical (unpaired) electrons. The fourth-order valence-electron chi connectivity index (χ4n) is 2.21. The Morgan fingerprint density at radius 1 is 1.45 bits per heavy atom. The van der Waals surface area contributed by atoms with E-state index in [1.807, 2.05) is 32.9 Å². The number of nitrogens with one attached hydrogen (secondary N) is 1. The third kappa shape index (κ3) is 5.66. The molecule has 0 spiro atoms. The lowest BCUT2D eigenvalue weighted by Gasteiger charge is -2.24. The average Bonchev–Trinajstić information content (AvgIpc) is 2.43. The lowest BCUT2D eigenvalue weighted by molar-refractivity contribution is -0.126. The minimum absolute atomic E-state index is 0.0686. The SMILES string of the molecule is CCCC(C)(N)C(=O)NCC(O)c1cccc(OC(C)C)c1. The van der Waals surface area contributed by atoms with Crippen LogP contribution >= 0.6 is 0 Å². The maximum Gasteiger partial charge on any atom is 0.239 e. The van der Waals surface area contributed by atoms with Gasteiger partial charge in [0, 0.05) is 6.54 Å². The van der Waals surface area contributed by atoms with Crippen LogP contribution in [-0.4, -0.2) is 29.2 Å². The van der Waals surface area contributed by atoms with E-state index in [0.29, 0.717) is 17.7 Å². The molecule has 0 saturated carbocycles. The molecule has 4 N–H and O–H groups in total. The zero-order chi connectivity index (χ0) is 16.8. The Morgan fingerprint density at radius 2 is 2.14 bits per heavy atom. The van der Waals surface area contributed by atoms with Gasteiger partial charge >= 0.3 is 0 Å². The van der Waals surface area contributed by atoms with Crippen LogP contribution in [-0.2, 0) is 4.79 Å². The summed E-state index contributed by atoms with van der Waals surface area (Å²) in [5.74, 6) is 0.454. The first kappa shape index (κ1) is 18.5. The van der Waals surface area contributed by atoms with Crippen LogP contribution in [0.2, 0.25) is 0 Å². The van der Waals surface area contributed by atoms with Gasteiger partial charge in [0.25, 0.3) is 0 Å². The molecule has 124 valence electrons. The van der Waals surface area contributed by atoms with Crippen molar-refractivity contribution in [2.45, 2.75) is 58.3 Å². The van der Waals surface area contributed by atoms with Crippen LogP contribution in [0, 0.1) is 0 Å². The van der Waals surface area contributed by atoms with Crippen molar-refractivity contribution in [3.05, 3.63) is 29.8 Å². The molecule has 2 atom stereocenters. The molecule has 1 aromatic carbocycles. The van der Waals surface area contributed by atoms with Crippen LogP contribution in [0.5, 0.6) is 5.75 Å². The molecule has 1 amide bonds. The van der Waals surface area contributed by atoms with E-state index in [9.17, 15) is 9.90 Å². The van der Waals surface area contributed by atoms with Gasteiger partial charge in [-0.25, -0.2) is 0 Å². The number of amides is 1. The number of nitrogens with two attached hydrogens (primary N) is 1. The maximum atomic E-state index is 12.0. The van der Waals surface area contributed by atoms with Gasteiger partial charge in [-0.3, -0.25) is 4.79 Å². The third-order valence-electron chi connectivity index (χ3n) is 3.36. The van der Waals surface area contributed by atoms with Gasteiger partial charge in [0.15, 0.2) is 0 Å². The van der Waals surface area contributed by atoms with Gasteiger partial charge in [0.05, 0.1) is 17.7 Å². The number of carbonyl (C=O) groups excluding carboxylic acids is 1. The van der Waals surface area contributed by atoms with Crippen LogP contribution in [0.25, 0.3) is 0 Å². The summed E-state index contributed by atoms with van der Waals surface area (Å²) in [5.41, 5.74) is 5.76. The minimum Gasteiger partial charge on any atom is -0.491 e. The zero-order valence-corrected chi connectivity index (χ0v) is 13.9. The molecule has 22 heavy (non-hydrogen) atoms. The second kappa shape index (κ2) is 8.15. The average molecular weight is 308 g/mol. The van der Waals surface area contributed by atoms with Crippen molar-refractivity contribution in [1.82, 2.24) is 5.32 Å². The first-order chi connectivity index (χ1) is 10.3. The molecular weight excluding hydrogens is 280 g/mol. The van der Waals surface area contributed by atoms with E-state index >= 15 is 0 Å². The molecule has 0 bridgehead atoms. The number of ether oxygens (including phenoxy) is 1. The molecule has 0 aromatic heterocycles. The lowest BCUT2D eigenvalue weighted by Crippen LogP contribution is -2.52. The molecular formula is C17H28N2O3. The smallest absolute Gasteiger partial charge is 0.239 e. The van der Waals surface area contributed by atoms with Gasteiger partial charge in [-0.2, -0.15) is 0 Å². The fraction of sp³-hybridized carbons (Fsp3) is 0.588. The number of benzene rings is 1. The fourth-order valence-corrected chi connectivity index (χ4v) is 2.21. The zero-order valence-electron chi connectivity index (χ0n) is 13.9. The van der Waals surface area contributed by atoms with Crippen LogP contribution in [0.15, 0.2) is 24.3 Å². The molecule has 0 aliphatic rings. The van der Waals surface area contributed by atoms with Crippen molar-refractivity contribution in [2.75, 3.05) is 6.54 Å². The van der Waals surface area contributed by atoms with E-state index in [-0.39, 0.29) is 18.6 Å². The Labute approximate surface area is 132 Å². The van der Waals surface area contributed by atoms with E-state index in [1.165, 1.54) is 0 Å². The Kier molecular flexibility index (Phi) is 6.84. The highest BCUT2D eigenvalue weighted by Crippen LogP contribution is 2.20. The normalized spacial score (nSPS) is 15.2. The molecule has 0 heterocycles. The van der Waals surface area contributed by atoms with Crippen molar-refractivity contribution in [3.8, 4) is 5.75 Å². The first-order valence-corrected chi connectivity index (χ1v) is 7.78. The Morgan fingerprint density at radius 3 is 2.73 bits per heavy atom. The lowest BCUT2D eigenvalue weighted by atomic mass is 9.96. The van der Waals surface area contributed by atoms with Gasteiger partial charge in [-0.05, 0) is 44.9 Å². The molecule has 5 nitrogen and oxygen atoms in total. The molecule has 0 aliphatic heterocycles. The highest BCUT2D eigenvalue weighted by molar-refractivity contribution is 5.85. The van der Waals surface area contributed by atoms with Gasteiger partial charge in [-0.15, -0.1) is 0 Å². The topological polar surface area (TPSA) is 84.6 Å². The van der Waals surface area contributed by atoms with Gasteiger partial charge in [-0.1, -0.05) is 25.5 Å². The van der Waals surface area contributed by atoms with Crippen LogP contribution in [0.4, 0.5) is 0 Å². The molecule has 1 aromatic rings. The Balaban J connectivity index is 2.62. The van der Waals surface area contributed by atoms with Crippen LogP contribution in [0.3, 0.4) is 0 Å². The highest BCUT2D eigenvalue weighted by atomic mass is 16.5. The Bertz CT molecular complexity index is 487. The van der Waals surface area contributed by atoms with E-state index in [0.717, 1.165) is 6.42 Å². The largest absolute Gasteiger partial charge is 0.491 e. The minimum atomic E-state index is -0.906.